The average Bonchev–Trinajstić information content (AvgIpc) is 3.43. The van der Waals surface area contributed by atoms with Crippen molar-refractivity contribution in [2.24, 2.45) is 0 Å². The fourth-order valence-corrected chi connectivity index (χ4v) is 10.8. The van der Waals surface area contributed by atoms with E-state index in [1.165, 1.54) is 295 Å². The van der Waals surface area contributed by atoms with Gasteiger partial charge in [-0.25, -0.2) is 0 Å². The number of aliphatic hydroxyl groups excluding tert-OH is 2. The van der Waals surface area contributed by atoms with E-state index in [0.29, 0.717) is 25.9 Å². The Balaban J connectivity index is 3.35. The van der Waals surface area contributed by atoms with Crippen LogP contribution < -0.4 is 5.32 Å². The Hall–Kier alpha value is -1.92. The predicted molar refractivity (Wildman–Crippen MR) is 338 cm³/mol. The van der Waals surface area contributed by atoms with E-state index < -0.39 is 12.1 Å². The van der Waals surface area contributed by atoms with E-state index >= 15 is 0 Å². The second kappa shape index (κ2) is 66.6. The number of hydrogen-bond acceptors (Lipinski definition) is 5. The number of aliphatic hydroxyl groups is 2. The molecule has 0 aromatic rings. The minimum atomic E-state index is -0.662. The molecule has 6 nitrogen and oxygen atoms in total. The number of unbranched alkanes of at least 4 members (excludes halogenated alkanes) is 48. The van der Waals surface area contributed by atoms with Gasteiger partial charge in [0.15, 0.2) is 0 Å². The van der Waals surface area contributed by atoms with E-state index in [9.17, 15) is 19.8 Å². The lowest BCUT2D eigenvalue weighted by molar-refractivity contribution is -0.143. The monoisotopic (exact) mass is 1080 g/mol. The van der Waals surface area contributed by atoms with Crippen molar-refractivity contribution < 1.29 is 24.5 Å². The number of hydrogen-bond donors (Lipinski definition) is 3. The molecule has 77 heavy (non-hydrogen) atoms. The summed E-state index contributed by atoms with van der Waals surface area (Å²) in [5.74, 6) is -0.0224. The first kappa shape index (κ1) is 75.1. The molecule has 0 aliphatic heterocycles. The van der Waals surface area contributed by atoms with Crippen LogP contribution in [0.5, 0.6) is 0 Å². The van der Waals surface area contributed by atoms with Gasteiger partial charge in [0.25, 0.3) is 0 Å². The van der Waals surface area contributed by atoms with Crippen LogP contribution in [0.15, 0.2) is 36.5 Å². The van der Waals surface area contributed by atoms with Crippen molar-refractivity contribution in [2.45, 2.75) is 392 Å². The van der Waals surface area contributed by atoms with Gasteiger partial charge in [-0.2, -0.15) is 0 Å². The normalized spacial score (nSPS) is 12.7. The van der Waals surface area contributed by atoms with Crippen molar-refractivity contribution in [1.82, 2.24) is 5.32 Å². The third-order valence-electron chi connectivity index (χ3n) is 16.2. The highest BCUT2D eigenvalue weighted by atomic mass is 16.5. The van der Waals surface area contributed by atoms with E-state index in [0.717, 1.165) is 51.4 Å². The van der Waals surface area contributed by atoms with Crippen LogP contribution in [-0.2, 0) is 14.3 Å². The molecule has 0 aliphatic carbocycles. The molecule has 0 saturated carbocycles. The molecule has 6 heteroatoms. The lowest BCUT2D eigenvalue weighted by Gasteiger charge is -2.22. The first-order valence-electron chi connectivity index (χ1n) is 34.7. The van der Waals surface area contributed by atoms with Crippen LogP contribution in [0.1, 0.15) is 380 Å². The van der Waals surface area contributed by atoms with Gasteiger partial charge >= 0.3 is 5.97 Å². The molecule has 3 N–H and O–H groups in total. The first-order chi connectivity index (χ1) is 38.0. The predicted octanol–water partition coefficient (Wildman–Crippen LogP) is 22.3. The third kappa shape index (κ3) is 63.1. The SMILES string of the molecule is CCCCC/C=C\C/C=C\CCCCCCCCCC(=O)OCCCCCCCCCCCCCC/C=C\CCCCCCCCCCCCCCCCC(=O)NC(CO)C(O)CCCCCCCCCCCCCCC. The van der Waals surface area contributed by atoms with Gasteiger partial charge in [0.05, 0.1) is 25.4 Å². The Morgan fingerprint density at radius 2 is 0.649 bits per heavy atom. The van der Waals surface area contributed by atoms with E-state index in [-0.39, 0.29) is 18.5 Å². The third-order valence-corrected chi connectivity index (χ3v) is 16.2. The second-order valence-corrected chi connectivity index (χ2v) is 23.9. The number of esters is 1. The van der Waals surface area contributed by atoms with E-state index in [4.69, 9.17) is 4.74 Å². The lowest BCUT2D eigenvalue weighted by Crippen LogP contribution is -2.45. The zero-order chi connectivity index (χ0) is 55.7. The summed E-state index contributed by atoms with van der Waals surface area (Å²) in [6.07, 6.45) is 84.8. The molecule has 0 rings (SSSR count). The van der Waals surface area contributed by atoms with Gasteiger partial charge in [0.1, 0.15) is 0 Å². The van der Waals surface area contributed by atoms with Crippen LogP contribution in [0.25, 0.3) is 0 Å². The Morgan fingerprint density at radius 3 is 1.03 bits per heavy atom. The minimum absolute atomic E-state index is 0.00962. The summed E-state index contributed by atoms with van der Waals surface area (Å²) in [6, 6.07) is -0.540. The van der Waals surface area contributed by atoms with Crippen LogP contribution in [0.3, 0.4) is 0 Å². The highest BCUT2D eigenvalue weighted by Gasteiger charge is 2.20. The summed E-state index contributed by atoms with van der Waals surface area (Å²) in [4.78, 5) is 24.6. The van der Waals surface area contributed by atoms with E-state index in [2.05, 4.69) is 55.6 Å². The van der Waals surface area contributed by atoms with Crippen LogP contribution in [0, 0.1) is 0 Å². The number of carbonyl (C=O) groups is 2. The molecule has 2 atom stereocenters. The molecule has 0 spiro atoms. The van der Waals surface area contributed by atoms with Gasteiger partial charge in [-0.1, -0.05) is 320 Å². The number of rotatable bonds is 65. The molecule has 1 amide bonds. The first-order valence-corrected chi connectivity index (χ1v) is 34.7. The van der Waals surface area contributed by atoms with Crippen molar-refractivity contribution in [1.29, 1.82) is 0 Å². The average molecular weight is 1080 g/mol. The standard InChI is InChI=1S/C71H135NO5/c1-3-5-7-9-11-13-15-17-18-33-37-41-45-49-53-57-61-65-71(76)77-66-62-58-54-50-46-42-38-35-32-30-28-26-24-22-20-19-21-23-25-27-29-31-34-36-40-44-48-52-56-60-64-70(75)72-68(67-73)69(74)63-59-55-51-47-43-39-16-14-12-10-8-6-4-2/h11,13,17-18,20,22,68-69,73-74H,3-10,12,14-16,19,21,23-67H2,1-2H3,(H,72,75)/b13-11-,18-17-,22-20-. The Kier molecular flexibility index (Phi) is 64.9. The Bertz CT molecular complexity index is 1250. The van der Waals surface area contributed by atoms with Gasteiger partial charge in [0, 0.05) is 12.8 Å². The van der Waals surface area contributed by atoms with Gasteiger partial charge in [-0.3, -0.25) is 9.59 Å². The number of nitrogens with one attached hydrogen (secondary N) is 1. The fraction of sp³-hybridized carbons (Fsp3) is 0.887. The van der Waals surface area contributed by atoms with Gasteiger partial charge in [-0.05, 0) is 83.5 Å². The number of amides is 1. The smallest absolute Gasteiger partial charge is 0.305 e. The maximum absolute atomic E-state index is 12.5. The minimum Gasteiger partial charge on any atom is -0.466 e. The van der Waals surface area contributed by atoms with Gasteiger partial charge < -0.3 is 20.3 Å². The lowest BCUT2D eigenvalue weighted by atomic mass is 10.0. The summed E-state index contributed by atoms with van der Waals surface area (Å²) in [5, 5.41) is 23.3. The molecule has 0 radical (unpaired) electrons. The van der Waals surface area contributed by atoms with E-state index in [1.807, 2.05) is 0 Å². The summed E-state index contributed by atoms with van der Waals surface area (Å²) >= 11 is 0. The zero-order valence-electron chi connectivity index (χ0n) is 52.0. The van der Waals surface area contributed by atoms with Crippen molar-refractivity contribution in [3.05, 3.63) is 36.5 Å². The van der Waals surface area contributed by atoms with Crippen molar-refractivity contribution in [2.75, 3.05) is 13.2 Å². The molecule has 0 bridgehead atoms. The molecule has 454 valence electrons. The molecule has 0 aromatic carbocycles. The molecule has 0 saturated heterocycles. The Labute approximate surface area is 481 Å². The number of carbonyl (C=O) groups excluding carboxylic acids is 2. The maximum Gasteiger partial charge on any atom is 0.305 e. The molecule has 0 aromatic heterocycles. The quantitative estimate of drug-likeness (QED) is 0.0320. The maximum atomic E-state index is 12.5. The van der Waals surface area contributed by atoms with Gasteiger partial charge in [-0.15, -0.1) is 0 Å². The molecule has 0 heterocycles. The molecule has 2 unspecified atom stereocenters. The van der Waals surface area contributed by atoms with E-state index in [1.54, 1.807) is 0 Å². The van der Waals surface area contributed by atoms with Crippen LogP contribution >= 0.6 is 0 Å². The number of ether oxygens (including phenoxy) is 1. The highest BCUT2D eigenvalue weighted by Crippen LogP contribution is 2.18. The second-order valence-electron chi connectivity index (χ2n) is 23.9. The molecular formula is C71H135NO5. The fourth-order valence-electron chi connectivity index (χ4n) is 10.8. The number of allylic oxidation sites excluding steroid dienone is 6. The Morgan fingerprint density at radius 1 is 0.364 bits per heavy atom. The van der Waals surface area contributed by atoms with Crippen LogP contribution in [-0.4, -0.2) is 47.4 Å². The van der Waals surface area contributed by atoms with Crippen molar-refractivity contribution in [3.8, 4) is 0 Å². The largest absolute Gasteiger partial charge is 0.466 e. The van der Waals surface area contributed by atoms with Crippen molar-refractivity contribution >= 4 is 11.9 Å². The summed E-state index contributed by atoms with van der Waals surface area (Å²) in [6.45, 7) is 4.95. The summed E-state index contributed by atoms with van der Waals surface area (Å²) in [5.41, 5.74) is 0. The van der Waals surface area contributed by atoms with Gasteiger partial charge in [0.2, 0.25) is 5.91 Å². The van der Waals surface area contributed by atoms with Crippen LogP contribution in [0.4, 0.5) is 0 Å². The van der Waals surface area contributed by atoms with Crippen LogP contribution in [0.2, 0.25) is 0 Å². The topological polar surface area (TPSA) is 95.9 Å². The molecular weight excluding hydrogens is 947 g/mol. The molecule has 0 aliphatic rings. The summed E-state index contributed by atoms with van der Waals surface area (Å²) < 4.78 is 5.50. The van der Waals surface area contributed by atoms with Crippen molar-refractivity contribution in [3.63, 3.8) is 0 Å². The zero-order valence-corrected chi connectivity index (χ0v) is 52.0. The molecule has 0 fully saturated rings. The summed E-state index contributed by atoms with van der Waals surface area (Å²) in [7, 11) is 0. The highest BCUT2D eigenvalue weighted by molar-refractivity contribution is 5.76.